The number of alkyl halides is 3. The van der Waals surface area contributed by atoms with Crippen LogP contribution in [0, 0.1) is 0 Å². The number of hydrogen-bond donors (Lipinski definition) is 0. The van der Waals surface area contributed by atoms with Crippen molar-refractivity contribution in [3.05, 3.63) is 24.0 Å². The Morgan fingerprint density at radius 3 is 2.81 bits per heavy atom. The minimum atomic E-state index is -4.44. The highest BCUT2D eigenvalue weighted by molar-refractivity contribution is 5.51. The monoisotopic (exact) mass is 231 g/mol. The van der Waals surface area contributed by atoms with Crippen molar-refractivity contribution >= 4 is 5.69 Å². The van der Waals surface area contributed by atoms with Gasteiger partial charge in [-0.05, 0) is 31.4 Å². The number of rotatable bonds is 1. The molecule has 5 heteroatoms. The van der Waals surface area contributed by atoms with E-state index in [4.69, 9.17) is 1.37 Å². The maximum absolute atomic E-state index is 12.8. The molecule has 2 nitrogen and oxygen atoms in total. The lowest BCUT2D eigenvalue weighted by atomic mass is 10.1. The molecule has 1 aromatic heterocycles. The molecule has 1 aromatic rings. The van der Waals surface area contributed by atoms with Crippen molar-refractivity contribution < 1.29 is 14.5 Å². The summed E-state index contributed by atoms with van der Waals surface area (Å²) in [4.78, 5) is 5.03. The zero-order valence-electron chi connectivity index (χ0n) is 9.67. The van der Waals surface area contributed by atoms with Gasteiger partial charge in [-0.2, -0.15) is 13.2 Å². The van der Waals surface area contributed by atoms with Gasteiger partial charge in [0, 0.05) is 20.7 Å². The van der Waals surface area contributed by atoms with E-state index in [0.29, 0.717) is 13.1 Å². The average Bonchev–Trinajstić information content (AvgIpc) is 2.28. The van der Waals surface area contributed by atoms with Gasteiger partial charge >= 0.3 is 6.18 Å². The first-order chi connectivity index (χ1) is 7.98. The number of pyridine rings is 1. The quantitative estimate of drug-likeness (QED) is 0.738. The standard InChI is InChI=1S/C11H13F3N2/c12-11(13,14)10-9(5-4-6-15-10)16-7-2-1-3-8-16/h4-6H,1-3,7-8H2/i2D/t2-/m1/s1. The first-order valence-electron chi connectivity index (χ1n) is 5.75. The molecule has 0 aromatic carbocycles. The molecule has 2 rings (SSSR count). The van der Waals surface area contributed by atoms with E-state index < -0.39 is 11.9 Å². The molecule has 1 aliphatic heterocycles. The van der Waals surface area contributed by atoms with E-state index in [9.17, 15) is 13.2 Å². The Hall–Kier alpha value is -1.26. The first kappa shape index (κ1) is 9.93. The second-order valence-electron chi connectivity index (χ2n) is 3.75. The van der Waals surface area contributed by atoms with Crippen LogP contribution in [0.3, 0.4) is 0 Å². The zero-order valence-corrected chi connectivity index (χ0v) is 8.67. The SMILES string of the molecule is [2H][C@@H]1CCCN(c2cccnc2C(F)(F)F)C1. The molecule has 2 heterocycles. The minimum Gasteiger partial charge on any atom is -0.370 e. The summed E-state index contributed by atoms with van der Waals surface area (Å²) < 4.78 is 45.9. The molecule has 1 fully saturated rings. The van der Waals surface area contributed by atoms with Crippen molar-refractivity contribution in [3.63, 3.8) is 0 Å². The molecular weight excluding hydrogens is 217 g/mol. The molecule has 0 N–H and O–H groups in total. The molecule has 1 saturated heterocycles. The van der Waals surface area contributed by atoms with Gasteiger partial charge in [0.25, 0.3) is 0 Å². The number of aromatic nitrogens is 1. The predicted octanol–water partition coefficient (Wildman–Crippen LogP) is 3.09. The molecule has 1 aliphatic rings. The zero-order chi connectivity index (χ0) is 12.5. The number of anilines is 1. The smallest absolute Gasteiger partial charge is 0.370 e. The van der Waals surface area contributed by atoms with Gasteiger partial charge in [-0.25, -0.2) is 4.98 Å². The van der Waals surface area contributed by atoms with Crippen LogP contribution in [-0.2, 0) is 6.18 Å². The summed E-state index contributed by atoms with van der Waals surface area (Å²) >= 11 is 0. The van der Waals surface area contributed by atoms with Crippen LogP contribution in [0.1, 0.15) is 26.3 Å². The minimum absolute atomic E-state index is 0.0944. The molecule has 0 aliphatic carbocycles. The van der Waals surface area contributed by atoms with Crippen molar-refractivity contribution in [2.45, 2.75) is 25.4 Å². The van der Waals surface area contributed by atoms with Crippen LogP contribution in [0.5, 0.6) is 0 Å². The van der Waals surface area contributed by atoms with Gasteiger partial charge < -0.3 is 4.90 Å². The highest BCUT2D eigenvalue weighted by atomic mass is 19.4. The molecule has 0 bridgehead atoms. The van der Waals surface area contributed by atoms with Crippen molar-refractivity contribution in [1.82, 2.24) is 4.98 Å². The third kappa shape index (κ3) is 2.28. The molecular formula is C11H13F3N2. The van der Waals surface area contributed by atoms with Crippen LogP contribution in [-0.4, -0.2) is 18.1 Å². The van der Waals surface area contributed by atoms with E-state index in [0.717, 1.165) is 19.0 Å². The van der Waals surface area contributed by atoms with E-state index in [1.807, 2.05) is 0 Å². The Labute approximate surface area is 93.5 Å². The largest absolute Gasteiger partial charge is 0.435 e. The van der Waals surface area contributed by atoms with Crippen LogP contribution in [0.25, 0.3) is 0 Å². The lowest BCUT2D eigenvalue weighted by Crippen LogP contribution is -2.31. The lowest BCUT2D eigenvalue weighted by Gasteiger charge is -2.30. The second kappa shape index (κ2) is 4.31. The van der Waals surface area contributed by atoms with Crippen LogP contribution in [0.15, 0.2) is 18.3 Å². The average molecular weight is 231 g/mol. The van der Waals surface area contributed by atoms with E-state index in [1.165, 1.54) is 12.1 Å². The van der Waals surface area contributed by atoms with E-state index in [1.54, 1.807) is 4.90 Å². The Balaban J connectivity index is 2.31. The van der Waals surface area contributed by atoms with Gasteiger partial charge in [-0.15, -0.1) is 0 Å². The summed E-state index contributed by atoms with van der Waals surface area (Å²) in [5.74, 6) is 0. The van der Waals surface area contributed by atoms with Crippen molar-refractivity contribution in [2.75, 3.05) is 18.0 Å². The fourth-order valence-corrected chi connectivity index (χ4v) is 1.85. The second-order valence-corrected chi connectivity index (χ2v) is 3.75. The topological polar surface area (TPSA) is 16.1 Å². The number of halogens is 3. The summed E-state index contributed by atoms with van der Waals surface area (Å²) in [5, 5.41) is 0. The highest BCUT2D eigenvalue weighted by Gasteiger charge is 2.36. The van der Waals surface area contributed by atoms with Crippen LogP contribution < -0.4 is 4.90 Å². The Kier molecular flexibility index (Phi) is 2.68. The van der Waals surface area contributed by atoms with Crippen molar-refractivity contribution in [2.24, 2.45) is 0 Å². The fraction of sp³-hybridized carbons (Fsp3) is 0.545. The summed E-state index contributed by atoms with van der Waals surface area (Å²) in [5.41, 5.74) is -0.758. The maximum atomic E-state index is 12.8. The van der Waals surface area contributed by atoms with Gasteiger partial charge in [-0.1, -0.05) is 0 Å². The number of nitrogens with zero attached hydrogens (tertiary/aromatic N) is 2. The third-order valence-electron chi connectivity index (χ3n) is 2.58. The molecule has 1 atom stereocenters. The van der Waals surface area contributed by atoms with Crippen molar-refractivity contribution in [1.29, 1.82) is 0 Å². The molecule has 16 heavy (non-hydrogen) atoms. The first-order valence-corrected chi connectivity index (χ1v) is 5.18. The molecule has 0 spiro atoms. The van der Waals surface area contributed by atoms with E-state index >= 15 is 0 Å². The molecule has 88 valence electrons. The summed E-state index contributed by atoms with van der Waals surface area (Å²) in [6.07, 6.45) is -2.11. The Morgan fingerprint density at radius 1 is 1.31 bits per heavy atom. The van der Waals surface area contributed by atoms with Gasteiger partial charge in [0.15, 0.2) is 5.69 Å². The Bertz CT molecular complexity index is 395. The molecule has 0 unspecified atom stereocenters. The predicted molar refractivity (Wildman–Crippen MR) is 55.3 cm³/mol. The van der Waals surface area contributed by atoms with Crippen LogP contribution >= 0.6 is 0 Å². The summed E-state index contributed by atoms with van der Waals surface area (Å²) in [6, 6.07) is 2.92. The summed E-state index contributed by atoms with van der Waals surface area (Å²) in [6.45, 7) is 0.902. The Morgan fingerprint density at radius 2 is 2.12 bits per heavy atom. The lowest BCUT2D eigenvalue weighted by molar-refractivity contribution is -0.140. The van der Waals surface area contributed by atoms with Crippen LogP contribution in [0.4, 0.5) is 18.9 Å². The van der Waals surface area contributed by atoms with E-state index in [-0.39, 0.29) is 12.1 Å². The van der Waals surface area contributed by atoms with Crippen LogP contribution in [0.2, 0.25) is 0 Å². The van der Waals surface area contributed by atoms with Gasteiger partial charge in [0.1, 0.15) is 0 Å². The number of hydrogen-bond acceptors (Lipinski definition) is 2. The fourth-order valence-electron chi connectivity index (χ4n) is 1.85. The maximum Gasteiger partial charge on any atom is 0.435 e. The molecule has 0 saturated carbocycles. The normalized spacial score (nSPS) is 23.1. The van der Waals surface area contributed by atoms with Gasteiger partial charge in [0.2, 0.25) is 0 Å². The molecule has 0 radical (unpaired) electrons. The highest BCUT2D eigenvalue weighted by Crippen LogP contribution is 2.35. The van der Waals surface area contributed by atoms with E-state index in [2.05, 4.69) is 4.98 Å². The number of piperidine rings is 1. The third-order valence-corrected chi connectivity index (χ3v) is 2.58. The summed E-state index contributed by atoms with van der Waals surface area (Å²) in [7, 11) is 0. The van der Waals surface area contributed by atoms with Gasteiger partial charge in [-0.3, -0.25) is 0 Å². The van der Waals surface area contributed by atoms with Crippen molar-refractivity contribution in [3.8, 4) is 0 Å². The van der Waals surface area contributed by atoms with Gasteiger partial charge in [0.05, 0.1) is 5.69 Å². The molecule has 0 amide bonds.